The lowest BCUT2D eigenvalue weighted by Crippen LogP contribution is -2.30. The van der Waals surface area contributed by atoms with E-state index < -0.39 is 11.6 Å². The third-order valence-corrected chi connectivity index (χ3v) is 3.47. The molecule has 2 rings (SSSR count). The van der Waals surface area contributed by atoms with Crippen LogP contribution in [0.3, 0.4) is 0 Å². The summed E-state index contributed by atoms with van der Waals surface area (Å²) in [6, 6.07) is 3.09. The van der Waals surface area contributed by atoms with E-state index in [0.29, 0.717) is 11.6 Å². The lowest BCUT2D eigenvalue weighted by atomic mass is 9.92. The van der Waals surface area contributed by atoms with E-state index in [-0.39, 0.29) is 0 Å². The molecule has 0 amide bonds. The Hall–Kier alpha value is -1.16. The quantitative estimate of drug-likeness (QED) is 0.892. The number of hydrogen-bond donors (Lipinski definition) is 1. The minimum Gasteiger partial charge on any atom is -0.375 e. The molecule has 1 atom stereocenters. The molecule has 1 aliphatic rings. The second-order valence-electron chi connectivity index (χ2n) is 5.22. The molecule has 0 radical (unpaired) electrons. The molecule has 0 aliphatic carbocycles. The van der Waals surface area contributed by atoms with Crippen molar-refractivity contribution in [1.29, 1.82) is 0 Å². The molecular weight excluding hydrogens is 234 g/mol. The summed E-state index contributed by atoms with van der Waals surface area (Å²) in [4.78, 5) is 1.61. The molecule has 0 bridgehead atoms. The second-order valence-corrected chi connectivity index (χ2v) is 5.22. The first kappa shape index (κ1) is 13.3. The maximum atomic E-state index is 13.6. The van der Waals surface area contributed by atoms with Crippen LogP contribution < -0.4 is 10.2 Å². The number of anilines is 1. The van der Waals surface area contributed by atoms with E-state index in [4.69, 9.17) is 0 Å². The van der Waals surface area contributed by atoms with Crippen LogP contribution in [0.1, 0.15) is 18.4 Å². The van der Waals surface area contributed by atoms with Crippen LogP contribution in [-0.4, -0.2) is 27.2 Å². The van der Waals surface area contributed by atoms with E-state index in [1.165, 1.54) is 6.07 Å². The average Bonchev–Trinajstić information content (AvgIpc) is 2.34. The van der Waals surface area contributed by atoms with Crippen molar-refractivity contribution >= 4 is 5.69 Å². The molecule has 4 heteroatoms. The largest absolute Gasteiger partial charge is 0.375 e. The summed E-state index contributed by atoms with van der Waals surface area (Å²) in [5, 5.41) is 3.34. The van der Waals surface area contributed by atoms with E-state index >= 15 is 0 Å². The van der Waals surface area contributed by atoms with Crippen LogP contribution in [0.4, 0.5) is 14.5 Å². The van der Waals surface area contributed by atoms with Crippen molar-refractivity contribution in [3.05, 3.63) is 29.3 Å². The smallest absolute Gasteiger partial charge is 0.182 e. The molecule has 1 aromatic rings. The maximum absolute atomic E-state index is 13.6. The summed E-state index contributed by atoms with van der Waals surface area (Å²) in [5.74, 6) is -0.982. The molecule has 0 spiro atoms. The van der Waals surface area contributed by atoms with Crippen molar-refractivity contribution in [2.75, 3.05) is 32.1 Å². The predicted molar refractivity (Wildman–Crippen MR) is 70.0 cm³/mol. The van der Waals surface area contributed by atoms with Crippen molar-refractivity contribution in [1.82, 2.24) is 5.32 Å². The number of hydrogen-bond acceptors (Lipinski definition) is 2. The molecule has 100 valence electrons. The van der Waals surface area contributed by atoms with Crippen LogP contribution in [-0.2, 0) is 6.42 Å². The van der Waals surface area contributed by atoms with Gasteiger partial charge in [0.15, 0.2) is 11.6 Å². The van der Waals surface area contributed by atoms with Crippen LogP contribution in [0.5, 0.6) is 0 Å². The number of rotatable bonds is 3. The van der Waals surface area contributed by atoms with Gasteiger partial charge in [-0.25, -0.2) is 8.78 Å². The predicted octanol–water partition coefficient (Wildman–Crippen LogP) is 2.57. The van der Waals surface area contributed by atoms with Gasteiger partial charge in [-0.15, -0.1) is 0 Å². The molecule has 1 saturated heterocycles. The van der Waals surface area contributed by atoms with Gasteiger partial charge in [0.2, 0.25) is 0 Å². The van der Waals surface area contributed by atoms with Gasteiger partial charge >= 0.3 is 0 Å². The first-order valence-corrected chi connectivity index (χ1v) is 6.44. The first-order valence-electron chi connectivity index (χ1n) is 6.44. The minimum atomic E-state index is -0.759. The SMILES string of the molecule is CN(C)c1cc(CC2CCCNC2)cc(F)c1F. The highest BCUT2D eigenvalue weighted by Gasteiger charge is 2.17. The lowest BCUT2D eigenvalue weighted by molar-refractivity contribution is 0.375. The van der Waals surface area contributed by atoms with Crippen molar-refractivity contribution < 1.29 is 8.78 Å². The summed E-state index contributed by atoms with van der Waals surface area (Å²) in [6.07, 6.45) is 3.13. The second kappa shape index (κ2) is 5.65. The minimum absolute atomic E-state index is 0.328. The molecule has 1 aliphatic heterocycles. The summed E-state index contributed by atoms with van der Waals surface area (Å²) in [7, 11) is 3.45. The molecular formula is C14H20F2N2. The van der Waals surface area contributed by atoms with Crippen LogP contribution in [0.25, 0.3) is 0 Å². The van der Waals surface area contributed by atoms with E-state index in [1.807, 2.05) is 0 Å². The highest BCUT2D eigenvalue weighted by atomic mass is 19.2. The van der Waals surface area contributed by atoms with Gasteiger partial charge < -0.3 is 10.2 Å². The van der Waals surface area contributed by atoms with Crippen LogP contribution >= 0.6 is 0 Å². The van der Waals surface area contributed by atoms with Crippen LogP contribution in [0.2, 0.25) is 0 Å². The Kier molecular flexibility index (Phi) is 4.17. The van der Waals surface area contributed by atoms with Crippen LogP contribution in [0, 0.1) is 17.6 Å². The van der Waals surface area contributed by atoms with Gasteiger partial charge in [0.25, 0.3) is 0 Å². The van der Waals surface area contributed by atoms with Crippen molar-refractivity contribution in [2.45, 2.75) is 19.3 Å². The Bertz CT molecular complexity index is 413. The zero-order valence-electron chi connectivity index (χ0n) is 11.0. The summed E-state index contributed by atoms with van der Waals surface area (Å²) >= 11 is 0. The first-order chi connectivity index (χ1) is 8.58. The number of benzene rings is 1. The topological polar surface area (TPSA) is 15.3 Å². The summed E-state index contributed by atoms with van der Waals surface area (Å²) < 4.78 is 27.1. The van der Waals surface area contributed by atoms with Gasteiger partial charge in [0, 0.05) is 14.1 Å². The summed E-state index contributed by atoms with van der Waals surface area (Å²) in [6.45, 7) is 2.04. The molecule has 1 N–H and O–H groups in total. The Labute approximate surface area is 107 Å². The van der Waals surface area contributed by atoms with Crippen LogP contribution in [0.15, 0.2) is 12.1 Å². The molecule has 1 unspecified atom stereocenters. The van der Waals surface area contributed by atoms with Gasteiger partial charge in [0.1, 0.15) is 0 Å². The molecule has 1 heterocycles. The summed E-state index contributed by atoms with van der Waals surface area (Å²) in [5.41, 5.74) is 1.21. The van der Waals surface area contributed by atoms with Crippen molar-refractivity contribution in [2.24, 2.45) is 5.92 Å². The Balaban J connectivity index is 2.17. The zero-order valence-corrected chi connectivity index (χ0v) is 11.0. The maximum Gasteiger partial charge on any atom is 0.182 e. The van der Waals surface area contributed by atoms with Gasteiger partial charge in [-0.2, -0.15) is 0 Å². The molecule has 1 fully saturated rings. The number of nitrogens with zero attached hydrogens (tertiary/aromatic N) is 1. The van der Waals surface area contributed by atoms with E-state index in [1.54, 1.807) is 25.1 Å². The molecule has 0 saturated carbocycles. The van der Waals surface area contributed by atoms with E-state index in [0.717, 1.165) is 37.9 Å². The Morgan fingerprint density at radius 2 is 2.11 bits per heavy atom. The fourth-order valence-corrected chi connectivity index (χ4v) is 2.50. The zero-order chi connectivity index (χ0) is 13.1. The van der Waals surface area contributed by atoms with Gasteiger partial charge in [0.05, 0.1) is 5.69 Å². The molecule has 18 heavy (non-hydrogen) atoms. The van der Waals surface area contributed by atoms with Gasteiger partial charge in [-0.3, -0.25) is 0 Å². The van der Waals surface area contributed by atoms with Crippen molar-refractivity contribution in [3.63, 3.8) is 0 Å². The van der Waals surface area contributed by atoms with Gasteiger partial charge in [-0.1, -0.05) is 0 Å². The molecule has 0 aromatic heterocycles. The lowest BCUT2D eigenvalue weighted by Gasteiger charge is -2.23. The Morgan fingerprint density at radius 3 is 2.72 bits per heavy atom. The fraction of sp³-hybridized carbons (Fsp3) is 0.571. The van der Waals surface area contributed by atoms with E-state index in [9.17, 15) is 8.78 Å². The average molecular weight is 254 g/mol. The van der Waals surface area contributed by atoms with Crippen molar-refractivity contribution in [3.8, 4) is 0 Å². The highest BCUT2D eigenvalue weighted by Crippen LogP contribution is 2.25. The van der Waals surface area contributed by atoms with E-state index in [2.05, 4.69) is 5.32 Å². The monoisotopic (exact) mass is 254 g/mol. The standard InChI is InChI=1S/C14H20F2N2/c1-18(2)13-8-11(7-12(15)14(13)16)6-10-4-3-5-17-9-10/h7-8,10,17H,3-6,9H2,1-2H3. The number of halogens is 2. The highest BCUT2D eigenvalue weighted by molar-refractivity contribution is 5.49. The normalized spacial score (nSPS) is 19.9. The number of piperidine rings is 1. The molecule has 2 nitrogen and oxygen atoms in total. The third-order valence-electron chi connectivity index (χ3n) is 3.47. The Morgan fingerprint density at radius 1 is 1.33 bits per heavy atom. The van der Waals surface area contributed by atoms with Gasteiger partial charge in [-0.05, 0) is 56.0 Å². The fourth-order valence-electron chi connectivity index (χ4n) is 2.50. The number of nitrogens with one attached hydrogen (secondary N) is 1. The molecule has 1 aromatic carbocycles. The third kappa shape index (κ3) is 2.99.